The lowest BCUT2D eigenvalue weighted by Gasteiger charge is -2.22. The molecule has 0 aliphatic carbocycles. The van der Waals surface area contributed by atoms with E-state index in [1.54, 1.807) is 6.20 Å². The molecule has 1 aromatic rings. The summed E-state index contributed by atoms with van der Waals surface area (Å²) in [4.78, 5) is 4.22. The summed E-state index contributed by atoms with van der Waals surface area (Å²) >= 11 is 0. The highest BCUT2D eigenvalue weighted by molar-refractivity contribution is 5.85. The number of nitrogens with zero attached hydrogens (tertiary/aromatic N) is 2. The van der Waals surface area contributed by atoms with E-state index in [1.807, 2.05) is 17.8 Å². The number of rotatable bonds is 4. The molecule has 0 amide bonds. The molecule has 0 bridgehead atoms. The Balaban J connectivity index is 0.00000128. The maximum absolute atomic E-state index is 5.68. The van der Waals surface area contributed by atoms with Crippen LogP contribution in [0.5, 0.6) is 0 Å². The van der Waals surface area contributed by atoms with E-state index < -0.39 is 0 Å². The van der Waals surface area contributed by atoms with Gasteiger partial charge in [0.25, 0.3) is 0 Å². The van der Waals surface area contributed by atoms with Gasteiger partial charge in [0.1, 0.15) is 12.4 Å². The monoisotopic (exact) mass is 245 g/mol. The van der Waals surface area contributed by atoms with Crippen molar-refractivity contribution in [1.29, 1.82) is 0 Å². The SMILES string of the molecule is Cl.Cn1ccnc1COC[C@H]1CCCNC1. The van der Waals surface area contributed by atoms with Crippen LogP contribution in [0.3, 0.4) is 0 Å². The zero-order valence-electron chi connectivity index (χ0n) is 9.69. The van der Waals surface area contributed by atoms with Gasteiger partial charge in [0.05, 0.1) is 6.61 Å². The number of hydrogen-bond acceptors (Lipinski definition) is 3. The van der Waals surface area contributed by atoms with Crippen LogP contribution in [0, 0.1) is 5.92 Å². The summed E-state index contributed by atoms with van der Waals surface area (Å²) in [5.41, 5.74) is 0. The Hall–Kier alpha value is -0.580. The van der Waals surface area contributed by atoms with Gasteiger partial charge in [-0.25, -0.2) is 4.98 Å². The average Bonchev–Trinajstić information content (AvgIpc) is 2.66. The van der Waals surface area contributed by atoms with Crippen LogP contribution in [0.2, 0.25) is 0 Å². The molecule has 1 atom stereocenters. The Morgan fingerprint density at radius 3 is 3.12 bits per heavy atom. The van der Waals surface area contributed by atoms with Crippen LogP contribution in [0.4, 0.5) is 0 Å². The van der Waals surface area contributed by atoms with Crippen LogP contribution in [-0.2, 0) is 18.4 Å². The van der Waals surface area contributed by atoms with Gasteiger partial charge >= 0.3 is 0 Å². The fourth-order valence-corrected chi connectivity index (χ4v) is 1.92. The maximum Gasteiger partial charge on any atom is 0.134 e. The van der Waals surface area contributed by atoms with E-state index >= 15 is 0 Å². The molecule has 0 aromatic carbocycles. The third-order valence-corrected chi connectivity index (χ3v) is 2.90. The fourth-order valence-electron chi connectivity index (χ4n) is 1.92. The lowest BCUT2D eigenvalue weighted by molar-refractivity contribution is 0.0729. The predicted molar refractivity (Wildman–Crippen MR) is 65.7 cm³/mol. The Kier molecular flexibility index (Phi) is 5.80. The Bertz CT molecular complexity index is 297. The molecule has 16 heavy (non-hydrogen) atoms. The number of aromatic nitrogens is 2. The van der Waals surface area contributed by atoms with E-state index in [9.17, 15) is 0 Å². The highest BCUT2D eigenvalue weighted by Gasteiger charge is 2.12. The van der Waals surface area contributed by atoms with Gasteiger partial charge in [0.2, 0.25) is 0 Å². The summed E-state index contributed by atoms with van der Waals surface area (Å²) in [5, 5.41) is 3.39. The summed E-state index contributed by atoms with van der Waals surface area (Å²) in [7, 11) is 1.99. The van der Waals surface area contributed by atoms with Crippen molar-refractivity contribution >= 4 is 12.4 Å². The molecule has 2 rings (SSSR count). The minimum atomic E-state index is 0. The van der Waals surface area contributed by atoms with Crippen molar-refractivity contribution in [3.8, 4) is 0 Å². The molecule has 0 saturated carbocycles. The summed E-state index contributed by atoms with van der Waals surface area (Å²) in [6, 6.07) is 0. The lowest BCUT2D eigenvalue weighted by atomic mass is 10.0. The Morgan fingerprint density at radius 1 is 1.62 bits per heavy atom. The molecule has 1 aliphatic heterocycles. The highest BCUT2D eigenvalue weighted by atomic mass is 35.5. The van der Waals surface area contributed by atoms with Gasteiger partial charge in [-0.05, 0) is 25.3 Å². The summed E-state index contributed by atoms with van der Waals surface area (Å²) in [5.74, 6) is 1.68. The first kappa shape index (κ1) is 13.5. The van der Waals surface area contributed by atoms with E-state index in [4.69, 9.17) is 4.74 Å². The second-order valence-electron chi connectivity index (χ2n) is 4.18. The quantitative estimate of drug-likeness (QED) is 0.871. The van der Waals surface area contributed by atoms with E-state index in [0.29, 0.717) is 12.5 Å². The molecule has 2 heterocycles. The fraction of sp³-hybridized carbons (Fsp3) is 0.727. The molecule has 1 fully saturated rings. The number of ether oxygens (including phenoxy) is 1. The molecule has 1 aliphatic rings. The Labute approximate surface area is 103 Å². The van der Waals surface area contributed by atoms with Crippen molar-refractivity contribution in [3.63, 3.8) is 0 Å². The first-order valence-electron chi connectivity index (χ1n) is 5.61. The zero-order valence-corrected chi connectivity index (χ0v) is 10.5. The molecule has 92 valence electrons. The molecule has 1 aromatic heterocycles. The van der Waals surface area contributed by atoms with Crippen LogP contribution in [0.15, 0.2) is 12.4 Å². The molecule has 0 radical (unpaired) electrons. The second kappa shape index (κ2) is 6.89. The van der Waals surface area contributed by atoms with E-state index in [2.05, 4.69) is 10.3 Å². The van der Waals surface area contributed by atoms with Gasteiger partial charge in [-0.3, -0.25) is 0 Å². The minimum absolute atomic E-state index is 0. The second-order valence-corrected chi connectivity index (χ2v) is 4.18. The first-order valence-corrected chi connectivity index (χ1v) is 5.61. The first-order chi connectivity index (χ1) is 7.36. The smallest absolute Gasteiger partial charge is 0.134 e. The van der Waals surface area contributed by atoms with Crippen LogP contribution in [0.25, 0.3) is 0 Å². The molecule has 4 nitrogen and oxygen atoms in total. The topological polar surface area (TPSA) is 39.1 Å². The van der Waals surface area contributed by atoms with Gasteiger partial charge < -0.3 is 14.6 Å². The third kappa shape index (κ3) is 3.77. The number of halogens is 1. The number of piperidine rings is 1. The molecule has 1 N–H and O–H groups in total. The van der Waals surface area contributed by atoms with Crippen LogP contribution in [0.1, 0.15) is 18.7 Å². The van der Waals surface area contributed by atoms with Gasteiger partial charge in [0.15, 0.2) is 0 Å². The highest BCUT2D eigenvalue weighted by Crippen LogP contribution is 2.10. The average molecular weight is 246 g/mol. The van der Waals surface area contributed by atoms with E-state index in [1.165, 1.54) is 12.8 Å². The normalized spacial score (nSPS) is 20.4. The molecular formula is C11H20ClN3O. The van der Waals surface area contributed by atoms with Crippen molar-refractivity contribution in [3.05, 3.63) is 18.2 Å². The van der Waals surface area contributed by atoms with Gasteiger partial charge in [-0.15, -0.1) is 12.4 Å². The van der Waals surface area contributed by atoms with E-state index in [-0.39, 0.29) is 12.4 Å². The van der Waals surface area contributed by atoms with Crippen molar-refractivity contribution in [2.45, 2.75) is 19.4 Å². The van der Waals surface area contributed by atoms with Crippen molar-refractivity contribution in [2.24, 2.45) is 13.0 Å². The number of aryl methyl sites for hydroxylation is 1. The predicted octanol–water partition coefficient (Wildman–Crippen LogP) is 1.36. The third-order valence-electron chi connectivity index (χ3n) is 2.90. The molecule has 0 spiro atoms. The van der Waals surface area contributed by atoms with Crippen LogP contribution < -0.4 is 5.32 Å². The summed E-state index contributed by atoms with van der Waals surface area (Å²) in [6.07, 6.45) is 6.31. The lowest BCUT2D eigenvalue weighted by Crippen LogP contribution is -2.32. The standard InChI is InChI=1S/C11H19N3O.ClH/c1-14-6-5-13-11(14)9-15-8-10-3-2-4-12-7-10;/h5-6,10,12H,2-4,7-9H2,1H3;1H/t10-;/m0./s1. The summed E-state index contributed by atoms with van der Waals surface area (Å²) < 4.78 is 7.67. The van der Waals surface area contributed by atoms with Crippen LogP contribution >= 0.6 is 12.4 Å². The zero-order chi connectivity index (χ0) is 10.5. The molecule has 1 saturated heterocycles. The molecular weight excluding hydrogens is 226 g/mol. The maximum atomic E-state index is 5.68. The largest absolute Gasteiger partial charge is 0.373 e. The van der Waals surface area contributed by atoms with Gasteiger partial charge in [-0.2, -0.15) is 0 Å². The van der Waals surface area contributed by atoms with Crippen molar-refractivity contribution in [2.75, 3.05) is 19.7 Å². The van der Waals surface area contributed by atoms with Crippen molar-refractivity contribution in [1.82, 2.24) is 14.9 Å². The minimum Gasteiger partial charge on any atom is -0.373 e. The molecule has 5 heteroatoms. The molecule has 0 unspecified atom stereocenters. The van der Waals surface area contributed by atoms with Crippen LogP contribution in [-0.4, -0.2) is 29.2 Å². The number of hydrogen-bond donors (Lipinski definition) is 1. The van der Waals surface area contributed by atoms with E-state index in [0.717, 1.165) is 25.5 Å². The Morgan fingerprint density at radius 2 is 2.50 bits per heavy atom. The van der Waals surface area contributed by atoms with Crippen molar-refractivity contribution < 1.29 is 4.74 Å². The summed E-state index contributed by atoms with van der Waals surface area (Å²) in [6.45, 7) is 3.73. The number of imidazole rings is 1. The van der Waals surface area contributed by atoms with Gasteiger partial charge in [0, 0.05) is 26.0 Å². The van der Waals surface area contributed by atoms with Gasteiger partial charge in [-0.1, -0.05) is 0 Å². The number of nitrogens with one attached hydrogen (secondary N) is 1.